The molecule has 0 fully saturated rings. The monoisotopic (exact) mass is 676 g/mol. The van der Waals surface area contributed by atoms with Gasteiger partial charge >= 0.3 is 26.2 Å². The summed E-state index contributed by atoms with van der Waals surface area (Å²) in [5.74, 6) is 1.54. The number of para-hydroxylation sites is 2. The maximum atomic E-state index is 4.96. The molecular formula is C40H50N4Zr. The van der Waals surface area contributed by atoms with Gasteiger partial charge in [0.25, 0.3) is 0 Å². The Bertz CT molecular complexity index is 1270. The van der Waals surface area contributed by atoms with Crippen LogP contribution in [0.3, 0.4) is 0 Å². The first-order chi connectivity index (χ1) is 20.8. The van der Waals surface area contributed by atoms with E-state index in [4.69, 9.17) is 10.6 Å². The molecule has 0 aromatic heterocycles. The first-order valence-electron chi connectivity index (χ1n) is 15.4. The molecule has 45 heavy (non-hydrogen) atoms. The summed E-state index contributed by atoms with van der Waals surface area (Å²) in [6.07, 6.45) is 14.7. The van der Waals surface area contributed by atoms with Crippen LogP contribution in [0.2, 0.25) is 0 Å². The van der Waals surface area contributed by atoms with E-state index >= 15 is 0 Å². The summed E-state index contributed by atoms with van der Waals surface area (Å²) in [5.41, 5.74) is 9.87. The van der Waals surface area contributed by atoms with Gasteiger partial charge in [0.2, 0.25) is 0 Å². The van der Waals surface area contributed by atoms with Crippen molar-refractivity contribution >= 4 is 11.4 Å². The van der Waals surface area contributed by atoms with E-state index in [1.165, 1.54) is 22.3 Å². The van der Waals surface area contributed by atoms with Gasteiger partial charge in [-0.05, 0) is 23.7 Å². The van der Waals surface area contributed by atoms with Crippen molar-refractivity contribution in [1.29, 1.82) is 0 Å². The Morgan fingerprint density at radius 2 is 0.822 bits per heavy atom. The second kappa shape index (κ2) is 19.7. The number of benzene rings is 2. The van der Waals surface area contributed by atoms with Gasteiger partial charge in [0.1, 0.15) is 0 Å². The molecule has 2 aromatic carbocycles. The van der Waals surface area contributed by atoms with E-state index in [0.29, 0.717) is 35.1 Å². The number of rotatable bonds is 9. The van der Waals surface area contributed by atoms with Gasteiger partial charge in [-0.15, -0.1) is 49.1 Å². The minimum Gasteiger partial charge on any atom is -0.665 e. The smallest absolute Gasteiger partial charge is 0.665 e. The Balaban J connectivity index is 0.000000548. The van der Waals surface area contributed by atoms with Crippen molar-refractivity contribution in [2.24, 2.45) is 0 Å². The van der Waals surface area contributed by atoms with E-state index in [0.717, 1.165) is 22.8 Å². The summed E-state index contributed by atoms with van der Waals surface area (Å²) in [6, 6.07) is 12.9. The van der Waals surface area contributed by atoms with E-state index in [2.05, 4.69) is 129 Å². The molecule has 2 aliphatic heterocycles. The van der Waals surface area contributed by atoms with Gasteiger partial charge in [0.05, 0.1) is 0 Å². The number of nitrogens with zero attached hydrogens (tertiary/aromatic N) is 4. The van der Waals surface area contributed by atoms with Crippen molar-refractivity contribution in [2.45, 2.75) is 79.1 Å². The van der Waals surface area contributed by atoms with Crippen LogP contribution < -0.4 is 0 Å². The maximum absolute atomic E-state index is 4.96. The maximum Gasteiger partial charge on any atom is 4.00 e. The molecule has 4 rings (SSSR count). The number of allylic oxidation sites excluding steroid dienone is 6. The number of hydrogen-bond donors (Lipinski definition) is 0. The molecule has 2 heterocycles. The van der Waals surface area contributed by atoms with Gasteiger partial charge in [0.15, 0.2) is 0 Å². The van der Waals surface area contributed by atoms with Crippen LogP contribution in [0.25, 0.3) is 21.3 Å². The molecule has 0 aliphatic carbocycles. The van der Waals surface area contributed by atoms with Gasteiger partial charge in [-0.1, -0.05) is 150 Å². The molecule has 4 nitrogen and oxygen atoms in total. The minimum atomic E-state index is 0. The normalized spacial score (nSPS) is 12.9. The van der Waals surface area contributed by atoms with Crippen LogP contribution in [0.1, 0.15) is 101 Å². The standard InChI is InChI=1S/C28H38N2.2C6H6N.Zr/c1-17(2)23-13-11-14-24(18(3)4)27(23)29-21(9)22(10)30-28-25(19(5)6)15-12-16-26(28)20(7)8;2*1-6-4-2-3-5-7-6;/h11-20H,9-10H2,1-8H3;2*2-5H,1H2;/q-2;2*-1;+4. The van der Waals surface area contributed by atoms with Crippen molar-refractivity contribution in [2.75, 3.05) is 0 Å². The fraction of sp³-hybridized carbons (Fsp3) is 0.300. The third kappa shape index (κ3) is 12.8. The van der Waals surface area contributed by atoms with Gasteiger partial charge in [-0.25, -0.2) is 0 Å². The molecule has 2 aromatic rings. The zero-order valence-corrected chi connectivity index (χ0v) is 31.0. The van der Waals surface area contributed by atoms with E-state index in [1.807, 2.05) is 36.5 Å². The first kappa shape index (κ1) is 39.5. The molecule has 0 atom stereocenters. The topological polar surface area (TPSA) is 56.4 Å². The van der Waals surface area contributed by atoms with Crippen LogP contribution in [0.15, 0.2) is 134 Å². The molecule has 0 unspecified atom stereocenters. The SMILES string of the molecule is C=C([N-]c1c(C(C)C)cccc1C(C)C)C(=C)[N-]c1c(C(C)C)cccc1C(C)C.C=C1C=CC=C[N-]1.C=C1C=CC=C[N-]1.[Zr+4]. The second-order valence-electron chi connectivity index (χ2n) is 11.9. The summed E-state index contributed by atoms with van der Waals surface area (Å²) < 4.78 is 0. The van der Waals surface area contributed by atoms with Crippen molar-refractivity contribution in [3.8, 4) is 0 Å². The molecule has 0 amide bonds. The summed E-state index contributed by atoms with van der Waals surface area (Å²) >= 11 is 0. The predicted octanol–water partition coefficient (Wildman–Crippen LogP) is 13.8. The Morgan fingerprint density at radius 1 is 0.533 bits per heavy atom. The molecule has 0 saturated carbocycles. The van der Waals surface area contributed by atoms with E-state index in [9.17, 15) is 0 Å². The van der Waals surface area contributed by atoms with Crippen LogP contribution >= 0.6 is 0 Å². The summed E-state index contributed by atoms with van der Waals surface area (Å²) in [5, 5.41) is 17.7. The third-order valence-electron chi connectivity index (χ3n) is 6.96. The van der Waals surface area contributed by atoms with Crippen molar-refractivity contribution in [3.63, 3.8) is 0 Å². The van der Waals surface area contributed by atoms with Crippen LogP contribution in [-0.2, 0) is 26.2 Å². The average Bonchev–Trinajstić information content (AvgIpc) is 2.98. The first-order valence-corrected chi connectivity index (χ1v) is 15.4. The molecule has 0 saturated heterocycles. The van der Waals surface area contributed by atoms with Crippen LogP contribution in [0.4, 0.5) is 11.4 Å². The molecule has 0 N–H and O–H groups in total. The summed E-state index contributed by atoms with van der Waals surface area (Å²) in [7, 11) is 0. The third-order valence-corrected chi connectivity index (χ3v) is 6.96. The van der Waals surface area contributed by atoms with Crippen LogP contribution in [0, 0.1) is 0 Å². The largest absolute Gasteiger partial charge is 4.00 e. The zero-order chi connectivity index (χ0) is 32.8. The van der Waals surface area contributed by atoms with Gasteiger partial charge in [0, 0.05) is 0 Å². The summed E-state index contributed by atoms with van der Waals surface area (Å²) in [6.45, 7) is 33.3. The Hall–Kier alpha value is -3.56. The molecule has 5 heteroatoms. The number of hydrogen-bond acceptors (Lipinski definition) is 0. The minimum absolute atomic E-state index is 0. The fourth-order valence-corrected chi connectivity index (χ4v) is 4.48. The van der Waals surface area contributed by atoms with Crippen LogP contribution in [0.5, 0.6) is 0 Å². The predicted molar refractivity (Wildman–Crippen MR) is 195 cm³/mol. The van der Waals surface area contributed by atoms with Gasteiger partial charge in [-0.2, -0.15) is 23.8 Å². The molecule has 0 spiro atoms. The van der Waals surface area contributed by atoms with E-state index in [-0.39, 0.29) is 26.2 Å². The Kier molecular flexibility index (Phi) is 17.3. The molecule has 0 bridgehead atoms. The zero-order valence-electron chi connectivity index (χ0n) is 28.5. The van der Waals surface area contributed by atoms with E-state index in [1.54, 1.807) is 12.4 Å². The Labute approximate surface area is 293 Å². The molecule has 0 radical (unpaired) electrons. The average molecular weight is 678 g/mol. The molecule has 2 aliphatic rings. The van der Waals surface area contributed by atoms with Crippen LogP contribution in [-0.4, -0.2) is 0 Å². The van der Waals surface area contributed by atoms with Crippen molar-refractivity contribution in [3.05, 3.63) is 178 Å². The quantitative estimate of drug-likeness (QED) is 0.237. The fourth-order valence-electron chi connectivity index (χ4n) is 4.48. The van der Waals surface area contributed by atoms with E-state index < -0.39 is 0 Å². The Morgan fingerprint density at radius 3 is 1.00 bits per heavy atom. The van der Waals surface area contributed by atoms with Crippen molar-refractivity contribution in [1.82, 2.24) is 0 Å². The molecular weight excluding hydrogens is 628 g/mol. The summed E-state index contributed by atoms with van der Waals surface area (Å²) in [4.78, 5) is 0. The molecule has 234 valence electrons. The van der Waals surface area contributed by atoms with Crippen molar-refractivity contribution < 1.29 is 26.2 Å². The second-order valence-corrected chi connectivity index (χ2v) is 11.9. The van der Waals surface area contributed by atoms with Gasteiger partial charge in [-0.3, -0.25) is 0 Å². The van der Waals surface area contributed by atoms with Gasteiger partial charge < -0.3 is 21.3 Å².